The maximum Gasteiger partial charge on any atom is 0.317 e. The van der Waals surface area contributed by atoms with E-state index >= 15 is 0 Å². The van der Waals surface area contributed by atoms with E-state index < -0.39 is 0 Å². The van der Waals surface area contributed by atoms with Crippen LogP contribution in [0.4, 0.5) is 4.79 Å². The average molecular weight is 348 g/mol. The van der Waals surface area contributed by atoms with Gasteiger partial charge in [0, 0.05) is 32.7 Å². The smallest absolute Gasteiger partial charge is 0.317 e. The number of benzene rings is 1. The molecule has 130 valence electrons. The zero-order valence-corrected chi connectivity index (χ0v) is 15.0. The molecule has 2 amide bonds. The van der Waals surface area contributed by atoms with Gasteiger partial charge in [-0.2, -0.15) is 0 Å². The lowest BCUT2D eigenvalue weighted by Crippen LogP contribution is -2.49. The van der Waals surface area contributed by atoms with Crippen molar-refractivity contribution >= 4 is 27.6 Å². The summed E-state index contributed by atoms with van der Waals surface area (Å²) in [5.74, 6) is 0. The molecular weight excluding hydrogens is 324 g/mol. The van der Waals surface area contributed by atoms with Crippen molar-refractivity contribution in [1.29, 1.82) is 0 Å². The van der Waals surface area contributed by atoms with E-state index in [0.717, 1.165) is 41.5 Å². The number of amides is 2. The summed E-state index contributed by atoms with van der Waals surface area (Å²) in [4.78, 5) is 20.9. The van der Waals surface area contributed by atoms with Crippen LogP contribution in [0.3, 0.4) is 0 Å². The van der Waals surface area contributed by atoms with Gasteiger partial charge in [-0.1, -0.05) is 12.1 Å². The molecule has 1 aromatic carbocycles. The second-order valence-electron chi connectivity index (χ2n) is 6.11. The Bertz CT molecular complexity index is 651. The van der Waals surface area contributed by atoms with Gasteiger partial charge in [-0.3, -0.25) is 4.90 Å². The first-order valence-electron chi connectivity index (χ1n) is 8.28. The molecule has 0 radical (unpaired) electrons. The molecule has 7 heteroatoms. The zero-order chi connectivity index (χ0) is 16.9. The molecule has 0 bridgehead atoms. The van der Waals surface area contributed by atoms with Crippen molar-refractivity contribution in [3.05, 3.63) is 29.3 Å². The quantitative estimate of drug-likeness (QED) is 0.900. The monoisotopic (exact) mass is 348 g/mol. The van der Waals surface area contributed by atoms with Gasteiger partial charge in [0.05, 0.1) is 30.0 Å². The number of urea groups is 1. The molecule has 6 nitrogen and oxygen atoms in total. The summed E-state index contributed by atoms with van der Waals surface area (Å²) in [6.07, 6.45) is 0. The highest BCUT2D eigenvalue weighted by Crippen LogP contribution is 2.22. The molecule has 2 heterocycles. The topological polar surface area (TPSA) is 57.7 Å². The molecule has 1 aliphatic rings. The molecule has 1 fully saturated rings. The predicted octanol–water partition coefficient (Wildman–Crippen LogP) is 2.16. The zero-order valence-electron chi connectivity index (χ0n) is 14.2. The number of nitrogens with one attached hydrogen (secondary N) is 1. The first kappa shape index (κ1) is 17.1. The Morgan fingerprint density at radius 1 is 1.42 bits per heavy atom. The van der Waals surface area contributed by atoms with Gasteiger partial charge in [-0.25, -0.2) is 9.78 Å². The lowest BCUT2D eigenvalue weighted by molar-refractivity contribution is 0.0207. The van der Waals surface area contributed by atoms with Crippen molar-refractivity contribution in [2.24, 2.45) is 0 Å². The standard InChI is InChI=1S/C17H24N4O2S/c1-13(21-7-9-23-10-8-21)11-18-17(22)20(2)12-16-19-14-5-3-4-6-15(14)24-16/h3-6,13H,7-12H2,1-2H3,(H,18,22)/t13-/m1/s1. The summed E-state index contributed by atoms with van der Waals surface area (Å²) >= 11 is 1.64. The fraction of sp³-hybridized carbons (Fsp3) is 0.529. The maximum atomic E-state index is 12.3. The van der Waals surface area contributed by atoms with Crippen LogP contribution >= 0.6 is 11.3 Å². The molecule has 1 atom stereocenters. The van der Waals surface area contributed by atoms with Crippen molar-refractivity contribution in [2.45, 2.75) is 19.5 Å². The number of para-hydroxylation sites is 1. The van der Waals surface area contributed by atoms with Crippen LogP contribution in [0.2, 0.25) is 0 Å². The Labute approximate surface area is 146 Å². The van der Waals surface area contributed by atoms with Gasteiger partial charge < -0.3 is 15.0 Å². The molecule has 0 unspecified atom stereocenters. The molecule has 2 aromatic rings. The molecule has 1 aromatic heterocycles. The molecule has 1 N–H and O–H groups in total. The lowest BCUT2D eigenvalue weighted by atomic mass is 10.2. The number of rotatable bonds is 5. The van der Waals surface area contributed by atoms with Gasteiger partial charge in [0.15, 0.2) is 0 Å². The third kappa shape index (κ3) is 4.23. The largest absolute Gasteiger partial charge is 0.379 e. The third-order valence-electron chi connectivity index (χ3n) is 4.28. The summed E-state index contributed by atoms with van der Waals surface area (Å²) in [5.41, 5.74) is 0.993. The van der Waals surface area contributed by atoms with E-state index in [2.05, 4.69) is 28.2 Å². The molecule has 3 rings (SSSR count). The third-order valence-corrected chi connectivity index (χ3v) is 5.30. The number of fused-ring (bicyclic) bond motifs is 1. The normalized spacial score (nSPS) is 16.9. The van der Waals surface area contributed by atoms with E-state index in [4.69, 9.17) is 4.74 Å². The van der Waals surface area contributed by atoms with Gasteiger partial charge in [-0.05, 0) is 19.1 Å². The number of hydrogen-bond acceptors (Lipinski definition) is 5. The van der Waals surface area contributed by atoms with Crippen molar-refractivity contribution in [3.8, 4) is 0 Å². The van der Waals surface area contributed by atoms with E-state index in [1.165, 1.54) is 0 Å². The summed E-state index contributed by atoms with van der Waals surface area (Å²) in [5, 5.41) is 3.97. The molecule has 1 aliphatic heterocycles. The number of ether oxygens (including phenoxy) is 1. The second-order valence-corrected chi connectivity index (χ2v) is 7.23. The molecule has 1 saturated heterocycles. The Hall–Kier alpha value is -1.70. The van der Waals surface area contributed by atoms with Crippen LogP contribution in [-0.4, -0.2) is 66.8 Å². The first-order chi connectivity index (χ1) is 11.6. The van der Waals surface area contributed by atoms with Gasteiger partial charge in [0.25, 0.3) is 0 Å². The van der Waals surface area contributed by atoms with Gasteiger partial charge in [0.1, 0.15) is 5.01 Å². The van der Waals surface area contributed by atoms with E-state index in [9.17, 15) is 4.79 Å². The molecule has 0 aliphatic carbocycles. The number of nitrogens with zero attached hydrogens (tertiary/aromatic N) is 3. The Kier molecular flexibility index (Phi) is 5.65. The minimum Gasteiger partial charge on any atom is -0.379 e. The van der Waals surface area contributed by atoms with Crippen LogP contribution in [0, 0.1) is 0 Å². The van der Waals surface area contributed by atoms with Crippen molar-refractivity contribution in [3.63, 3.8) is 0 Å². The van der Waals surface area contributed by atoms with Crippen LogP contribution in [0.25, 0.3) is 10.2 Å². The van der Waals surface area contributed by atoms with Crippen LogP contribution < -0.4 is 5.32 Å². The Balaban J connectivity index is 1.49. The minimum atomic E-state index is -0.0608. The predicted molar refractivity (Wildman–Crippen MR) is 96.3 cm³/mol. The Morgan fingerprint density at radius 2 is 2.17 bits per heavy atom. The van der Waals surface area contributed by atoms with Gasteiger partial charge >= 0.3 is 6.03 Å². The van der Waals surface area contributed by atoms with Gasteiger partial charge in [0.2, 0.25) is 0 Å². The second kappa shape index (κ2) is 7.92. The average Bonchev–Trinajstić information content (AvgIpc) is 3.02. The first-order valence-corrected chi connectivity index (χ1v) is 9.10. The van der Waals surface area contributed by atoms with Gasteiger partial charge in [-0.15, -0.1) is 11.3 Å². The van der Waals surface area contributed by atoms with Crippen LogP contribution in [0.15, 0.2) is 24.3 Å². The number of hydrogen-bond donors (Lipinski definition) is 1. The highest BCUT2D eigenvalue weighted by molar-refractivity contribution is 7.18. The maximum absolute atomic E-state index is 12.3. The van der Waals surface area contributed by atoms with Crippen LogP contribution in [0.1, 0.15) is 11.9 Å². The number of aromatic nitrogens is 1. The van der Waals surface area contributed by atoms with E-state index in [-0.39, 0.29) is 6.03 Å². The van der Waals surface area contributed by atoms with Crippen molar-refractivity contribution in [2.75, 3.05) is 39.9 Å². The number of thiazole rings is 1. The molecule has 0 saturated carbocycles. The van der Waals surface area contributed by atoms with Crippen LogP contribution in [-0.2, 0) is 11.3 Å². The highest BCUT2D eigenvalue weighted by atomic mass is 32.1. The minimum absolute atomic E-state index is 0.0608. The van der Waals surface area contributed by atoms with E-state index in [0.29, 0.717) is 19.1 Å². The van der Waals surface area contributed by atoms with Crippen LogP contribution in [0.5, 0.6) is 0 Å². The summed E-state index contributed by atoms with van der Waals surface area (Å²) in [7, 11) is 1.81. The molecule has 24 heavy (non-hydrogen) atoms. The number of morpholine rings is 1. The highest BCUT2D eigenvalue weighted by Gasteiger charge is 2.18. The number of carbonyl (C=O) groups is 1. The SMILES string of the molecule is C[C@H](CNC(=O)N(C)Cc1nc2ccccc2s1)N1CCOCC1. The summed E-state index contributed by atoms with van der Waals surface area (Å²) in [6, 6.07) is 8.30. The van der Waals surface area contributed by atoms with E-state index in [1.807, 2.05) is 18.2 Å². The lowest BCUT2D eigenvalue weighted by Gasteiger charge is -2.32. The fourth-order valence-corrected chi connectivity index (χ4v) is 3.80. The molecular formula is C17H24N4O2S. The van der Waals surface area contributed by atoms with E-state index in [1.54, 1.807) is 23.3 Å². The fourth-order valence-electron chi connectivity index (χ4n) is 2.78. The summed E-state index contributed by atoms with van der Waals surface area (Å²) in [6.45, 7) is 6.71. The van der Waals surface area contributed by atoms with Crippen molar-refractivity contribution in [1.82, 2.24) is 20.1 Å². The molecule has 0 spiro atoms. The number of carbonyl (C=O) groups excluding carboxylic acids is 1. The Morgan fingerprint density at radius 3 is 2.92 bits per heavy atom. The summed E-state index contributed by atoms with van der Waals surface area (Å²) < 4.78 is 6.52. The van der Waals surface area contributed by atoms with Crippen molar-refractivity contribution < 1.29 is 9.53 Å².